The Labute approximate surface area is 109 Å². The van der Waals surface area contributed by atoms with Gasteiger partial charge in [0.25, 0.3) is 0 Å². The predicted molar refractivity (Wildman–Crippen MR) is 66.5 cm³/mol. The molecule has 0 saturated heterocycles. The highest BCUT2D eigenvalue weighted by Gasteiger charge is 2.22. The molecule has 0 aliphatic rings. The van der Waals surface area contributed by atoms with E-state index in [1.807, 2.05) is 0 Å². The van der Waals surface area contributed by atoms with Crippen LogP contribution in [0.4, 0.5) is 5.69 Å². The molecule has 0 spiro atoms. The van der Waals surface area contributed by atoms with Crippen LogP contribution in [0.15, 0.2) is 18.2 Å². The molecule has 1 aromatic carbocycles. The van der Waals surface area contributed by atoms with E-state index in [1.54, 1.807) is 0 Å². The largest absolute Gasteiger partial charge is 0.486 e. The molecule has 0 radical (unpaired) electrons. The van der Waals surface area contributed by atoms with Gasteiger partial charge in [-0.1, -0.05) is 6.07 Å². The van der Waals surface area contributed by atoms with Crippen molar-refractivity contribution in [3.8, 4) is 5.75 Å². The van der Waals surface area contributed by atoms with Crippen LogP contribution in [0.25, 0.3) is 0 Å². The summed E-state index contributed by atoms with van der Waals surface area (Å²) >= 11 is 0. The molecule has 0 atom stereocenters. The van der Waals surface area contributed by atoms with Gasteiger partial charge in [-0.15, -0.1) is 0 Å². The summed E-state index contributed by atoms with van der Waals surface area (Å²) in [5, 5.41) is 28.4. The number of rotatable bonds is 8. The highest BCUT2D eigenvalue weighted by Crippen LogP contribution is 2.31. The summed E-state index contributed by atoms with van der Waals surface area (Å²) in [6, 6.07) is 3.77. The fraction of sp³-hybridized carbons (Fsp3) is 0.417. The minimum absolute atomic E-state index is 0.0753. The maximum Gasteiger partial charge on any atom is 0.339 e. The average molecular weight is 269 g/mol. The number of nitro groups is 1. The van der Waals surface area contributed by atoms with Gasteiger partial charge in [0, 0.05) is 12.7 Å². The number of aromatic carboxylic acids is 1. The molecule has 0 fully saturated rings. The molecule has 0 aliphatic heterocycles. The van der Waals surface area contributed by atoms with Crippen molar-refractivity contribution in [3.63, 3.8) is 0 Å². The lowest BCUT2D eigenvalue weighted by atomic mass is 10.1. The molecule has 0 aliphatic carbocycles. The molecule has 0 amide bonds. The van der Waals surface area contributed by atoms with E-state index in [0.29, 0.717) is 19.3 Å². The van der Waals surface area contributed by atoms with Crippen molar-refractivity contribution >= 4 is 11.7 Å². The van der Waals surface area contributed by atoms with Crippen molar-refractivity contribution in [2.75, 3.05) is 13.2 Å². The van der Waals surface area contributed by atoms with Crippen LogP contribution < -0.4 is 4.74 Å². The summed E-state index contributed by atoms with van der Waals surface area (Å²) in [7, 11) is 0. The molecule has 0 saturated carbocycles. The second-order valence-electron chi connectivity index (χ2n) is 3.85. The Kier molecular flexibility index (Phi) is 5.74. The zero-order valence-electron chi connectivity index (χ0n) is 10.2. The van der Waals surface area contributed by atoms with Crippen LogP contribution in [0.2, 0.25) is 0 Å². The third-order valence-electron chi connectivity index (χ3n) is 2.47. The predicted octanol–water partition coefficient (Wildman–Crippen LogP) is 1.83. The zero-order valence-corrected chi connectivity index (χ0v) is 10.2. The average Bonchev–Trinajstić information content (AvgIpc) is 2.38. The number of aliphatic hydroxyl groups excluding tert-OH is 1. The van der Waals surface area contributed by atoms with E-state index in [4.69, 9.17) is 14.9 Å². The van der Waals surface area contributed by atoms with E-state index in [0.717, 1.165) is 0 Å². The molecule has 0 bridgehead atoms. The highest BCUT2D eigenvalue weighted by molar-refractivity contribution is 5.92. The van der Waals surface area contributed by atoms with E-state index < -0.39 is 10.9 Å². The third kappa shape index (κ3) is 4.22. The lowest BCUT2D eigenvalue weighted by Crippen LogP contribution is -2.07. The molecular formula is C12H15NO6. The van der Waals surface area contributed by atoms with Gasteiger partial charge < -0.3 is 14.9 Å². The summed E-state index contributed by atoms with van der Waals surface area (Å²) in [6.45, 7) is 0.247. The molecule has 1 aromatic rings. The number of hydrogen-bond acceptors (Lipinski definition) is 5. The van der Waals surface area contributed by atoms with Crippen molar-refractivity contribution in [1.82, 2.24) is 0 Å². The third-order valence-corrected chi connectivity index (χ3v) is 2.47. The Morgan fingerprint density at radius 1 is 1.32 bits per heavy atom. The fourth-order valence-electron chi connectivity index (χ4n) is 1.55. The van der Waals surface area contributed by atoms with Crippen molar-refractivity contribution in [1.29, 1.82) is 0 Å². The van der Waals surface area contributed by atoms with Gasteiger partial charge in [-0.25, -0.2) is 4.79 Å². The Hall–Kier alpha value is -2.15. The first-order valence-corrected chi connectivity index (χ1v) is 5.82. The number of carboxylic acid groups (broad SMARTS) is 1. The van der Waals surface area contributed by atoms with E-state index in [9.17, 15) is 14.9 Å². The lowest BCUT2D eigenvalue weighted by Gasteiger charge is -2.09. The monoisotopic (exact) mass is 269 g/mol. The van der Waals surface area contributed by atoms with E-state index in [-0.39, 0.29) is 30.2 Å². The number of hydrogen-bond donors (Lipinski definition) is 2. The normalized spacial score (nSPS) is 10.2. The maximum atomic E-state index is 11.0. The lowest BCUT2D eigenvalue weighted by molar-refractivity contribution is -0.385. The molecule has 2 N–H and O–H groups in total. The standard InChI is InChI=1S/C12H15NO6/c14-7-2-1-3-8-19-11-9(12(15)16)5-4-6-10(11)13(17)18/h4-6,14H,1-3,7-8H2,(H,15,16). The summed E-state index contributed by atoms with van der Waals surface area (Å²) < 4.78 is 5.23. The van der Waals surface area contributed by atoms with Crippen LogP contribution >= 0.6 is 0 Å². The van der Waals surface area contributed by atoms with Crippen LogP contribution in [0, 0.1) is 10.1 Å². The fourth-order valence-corrected chi connectivity index (χ4v) is 1.55. The van der Waals surface area contributed by atoms with Crippen LogP contribution in [-0.2, 0) is 0 Å². The number of para-hydroxylation sites is 1. The SMILES string of the molecule is O=C(O)c1cccc([N+](=O)[O-])c1OCCCCCO. The Morgan fingerprint density at radius 3 is 2.63 bits per heavy atom. The molecule has 0 heterocycles. The van der Waals surface area contributed by atoms with Gasteiger partial charge in [-0.3, -0.25) is 10.1 Å². The molecule has 19 heavy (non-hydrogen) atoms. The van der Waals surface area contributed by atoms with Crippen LogP contribution in [0.3, 0.4) is 0 Å². The first-order valence-electron chi connectivity index (χ1n) is 5.82. The van der Waals surface area contributed by atoms with Gasteiger partial charge in [0.05, 0.1) is 11.5 Å². The summed E-state index contributed by atoms with van der Waals surface area (Å²) in [6.07, 6.45) is 1.91. The van der Waals surface area contributed by atoms with Gasteiger partial charge in [0.2, 0.25) is 5.75 Å². The first-order chi connectivity index (χ1) is 9.07. The summed E-state index contributed by atoms with van der Waals surface area (Å²) in [4.78, 5) is 21.2. The van der Waals surface area contributed by atoms with Crippen molar-refractivity contribution < 1.29 is 24.7 Å². The number of benzene rings is 1. The number of nitrogens with zero attached hydrogens (tertiary/aromatic N) is 1. The Morgan fingerprint density at radius 2 is 2.05 bits per heavy atom. The zero-order chi connectivity index (χ0) is 14.3. The van der Waals surface area contributed by atoms with Crippen LogP contribution in [0.1, 0.15) is 29.6 Å². The number of unbranched alkanes of at least 4 members (excludes halogenated alkanes) is 2. The number of ether oxygens (including phenoxy) is 1. The number of nitro benzene ring substituents is 1. The molecule has 0 aromatic heterocycles. The van der Waals surface area contributed by atoms with E-state index >= 15 is 0 Å². The minimum Gasteiger partial charge on any atom is -0.486 e. The van der Waals surface area contributed by atoms with Crippen molar-refractivity contribution in [2.24, 2.45) is 0 Å². The maximum absolute atomic E-state index is 11.0. The second kappa shape index (κ2) is 7.32. The van der Waals surface area contributed by atoms with Gasteiger partial charge in [-0.2, -0.15) is 0 Å². The van der Waals surface area contributed by atoms with E-state index in [2.05, 4.69) is 0 Å². The molecule has 7 heteroatoms. The van der Waals surface area contributed by atoms with Gasteiger partial charge >= 0.3 is 11.7 Å². The molecule has 0 unspecified atom stereocenters. The topological polar surface area (TPSA) is 110 Å². The molecular weight excluding hydrogens is 254 g/mol. The molecule has 7 nitrogen and oxygen atoms in total. The van der Waals surface area contributed by atoms with Crippen LogP contribution in [-0.4, -0.2) is 34.3 Å². The van der Waals surface area contributed by atoms with Gasteiger partial charge in [0.15, 0.2) is 0 Å². The van der Waals surface area contributed by atoms with Crippen LogP contribution in [0.5, 0.6) is 5.75 Å². The quantitative estimate of drug-likeness (QED) is 0.423. The number of carbonyl (C=O) groups is 1. The summed E-state index contributed by atoms with van der Waals surface area (Å²) in [5.74, 6) is -1.49. The summed E-state index contributed by atoms with van der Waals surface area (Å²) in [5.41, 5.74) is -0.585. The number of carboxylic acids is 1. The highest BCUT2D eigenvalue weighted by atomic mass is 16.6. The minimum atomic E-state index is -1.27. The molecule has 1 rings (SSSR count). The number of aliphatic hydroxyl groups is 1. The Balaban J connectivity index is 2.83. The second-order valence-corrected chi connectivity index (χ2v) is 3.85. The van der Waals surface area contributed by atoms with Gasteiger partial charge in [-0.05, 0) is 25.3 Å². The van der Waals surface area contributed by atoms with Gasteiger partial charge in [0.1, 0.15) is 5.56 Å². The molecule has 104 valence electrons. The first kappa shape index (κ1) is 14.9. The van der Waals surface area contributed by atoms with Crippen molar-refractivity contribution in [2.45, 2.75) is 19.3 Å². The van der Waals surface area contributed by atoms with E-state index in [1.165, 1.54) is 18.2 Å². The van der Waals surface area contributed by atoms with Crippen molar-refractivity contribution in [3.05, 3.63) is 33.9 Å². The smallest absolute Gasteiger partial charge is 0.339 e. The Bertz CT molecular complexity index is 427.